The van der Waals surface area contributed by atoms with Gasteiger partial charge in [-0.2, -0.15) is 0 Å². The fraction of sp³-hybridized carbons (Fsp3) is 0.115. The Kier molecular flexibility index (Phi) is 8.00. The summed E-state index contributed by atoms with van der Waals surface area (Å²) in [6.07, 6.45) is 0.645. The highest BCUT2D eigenvalue weighted by atomic mass is 35.5. The van der Waals surface area contributed by atoms with Crippen LogP contribution in [0.25, 0.3) is 11.3 Å². The summed E-state index contributed by atoms with van der Waals surface area (Å²) in [7, 11) is 0. The van der Waals surface area contributed by atoms with Crippen molar-refractivity contribution in [3.05, 3.63) is 94.8 Å². The minimum Gasteiger partial charge on any atom is -0.322 e. The molecule has 0 bridgehead atoms. The van der Waals surface area contributed by atoms with Crippen LogP contribution in [0.3, 0.4) is 0 Å². The van der Waals surface area contributed by atoms with Gasteiger partial charge in [0.15, 0.2) is 5.13 Å². The van der Waals surface area contributed by atoms with Crippen molar-refractivity contribution in [1.82, 2.24) is 4.98 Å². The number of thioether (sulfide) groups is 1. The summed E-state index contributed by atoms with van der Waals surface area (Å²) < 4.78 is 0. The number of halogens is 1. The Morgan fingerprint density at radius 2 is 1.79 bits per heavy atom. The maximum Gasteiger partial charge on any atom is 0.255 e. The third kappa shape index (κ3) is 6.26. The Bertz CT molecular complexity index is 1290. The van der Waals surface area contributed by atoms with Gasteiger partial charge < -0.3 is 10.6 Å². The molecule has 1 aromatic heterocycles. The first-order valence-electron chi connectivity index (χ1n) is 10.7. The normalized spacial score (nSPS) is 11.6. The summed E-state index contributed by atoms with van der Waals surface area (Å²) in [6, 6.07) is 24.1. The van der Waals surface area contributed by atoms with Gasteiger partial charge in [0.25, 0.3) is 5.91 Å². The van der Waals surface area contributed by atoms with Crippen molar-refractivity contribution in [2.24, 2.45) is 0 Å². The molecule has 3 aromatic carbocycles. The summed E-state index contributed by atoms with van der Waals surface area (Å²) in [5.74, 6) is -0.345. The lowest BCUT2D eigenvalue weighted by atomic mass is 10.2. The van der Waals surface area contributed by atoms with E-state index in [9.17, 15) is 9.59 Å². The summed E-state index contributed by atoms with van der Waals surface area (Å²) in [6.45, 7) is 1.97. The maximum absolute atomic E-state index is 12.9. The van der Waals surface area contributed by atoms with Crippen LogP contribution in [0.1, 0.15) is 23.7 Å². The maximum atomic E-state index is 12.9. The molecule has 5 nitrogen and oxygen atoms in total. The highest BCUT2D eigenvalue weighted by Gasteiger charge is 2.20. The smallest absolute Gasteiger partial charge is 0.255 e. The zero-order valence-corrected chi connectivity index (χ0v) is 20.7. The topological polar surface area (TPSA) is 71.1 Å². The molecule has 0 radical (unpaired) electrons. The van der Waals surface area contributed by atoms with Crippen LogP contribution in [0, 0.1) is 0 Å². The van der Waals surface area contributed by atoms with E-state index < -0.39 is 0 Å². The van der Waals surface area contributed by atoms with E-state index in [-0.39, 0.29) is 17.1 Å². The molecule has 1 unspecified atom stereocenters. The predicted octanol–water partition coefficient (Wildman–Crippen LogP) is 7.23. The van der Waals surface area contributed by atoms with E-state index in [1.54, 1.807) is 24.3 Å². The molecule has 4 rings (SSSR count). The van der Waals surface area contributed by atoms with E-state index >= 15 is 0 Å². The molecule has 0 saturated heterocycles. The number of hydrogen-bond donors (Lipinski definition) is 2. The lowest BCUT2D eigenvalue weighted by Gasteiger charge is -2.14. The molecule has 0 spiro atoms. The van der Waals surface area contributed by atoms with Crippen LogP contribution in [-0.4, -0.2) is 22.0 Å². The number of anilines is 2. The van der Waals surface area contributed by atoms with Gasteiger partial charge in [-0.25, -0.2) is 4.98 Å². The van der Waals surface area contributed by atoms with Crippen molar-refractivity contribution in [3.8, 4) is 11.3 Å². The quantitative estimate of drug-likeness (QED) is 0.247. The van der Waals surface area contributed by atoms with E-state index in [1.807, 2.05) is 66.9 Å². The van der Waals surface area contributed by atoms with Crippen LogP contribution in [0.5, 0.6) is 0 Å². The van der Waals surface area contributed by atoms with Gasteiger partial charge in [0.2, 0.25) is 5.91 Å². The molecule has 172 valence electrons. The van der Waals surface area contributed by atoms with Gasteiger partial charge in [-0.15, -0.1) is 23.1 Å². The fourth-order valence-electron chi connectivity index (χ4n) is 3.23. The van der Waals surface area contributed by atoms with Crippen LogP contribution in [0.15, 0.2) is 89.1 Å². The molecule has 0 fully saturated rings. The second kappa shape index (κ2) is 11.3. The number of carbonyl (C=O) groups excluding carboxylic acids is 2. The molecule has 8 heteroatoms. The van der Waals surface area contributed by atoms with E-state index in [1.165, 1.54) is 23.1 Å². The zero-order chi connectivity index (χ0) is 23.9. The van der Waals surface area contributed by atoms with Gasteiger partial charge in [-0.1, -0.05) is 61.0 Å². The van der Waals surface area contributed by atoms with Crippen LogP contribution >= 0.6 is 34.7 Å². The van der Waals surface area contributed by atoms with Crippen molar-refractivity contribution in [1.29, 1.82) is 0 Å². The monoisotopic (exact) mass is 507 g/mol. The number of aromatic nitrogens is 1. The first kappa shape index (κ1) is 24.0. The van der Waals surface area contributed by atoms with Crippen molar-refractivity contribution in [3.63, 3.8) is 0 Å². The average Bonchev–Trinajstić information content (AvgIpc) is 3.31. The van der Waals surface area contributed by atoms with Crippen molar-refractivity contribution in [2.75, 3.05) is 10.6 Å². The number of benzene rings is 3. The number of nitrogens with one attached hydrogen (secondary N) is 2. The first-order chi connectivity index (χ1) is 16.5. The lowest BCUT2D eigenvalue weighted by molar-refractivity contribution is -0.115. The number of thiazole rings is 1. The van der Waals surface area contributed by atoms with Crippen LogP contribution in [-0.2, 0) is 4.79 Å². The Morgan fingerprint density at radius 1 is 1.00 bits per heavy atom. The molecule has 2 amide bonds. The average molecular weight is 508 g/mol. The number of amides is 2. The first-order valence-corrected chi connectivity index (χ1v) is 12.8. The van der Waals surface area contributed by atoms with Gasteiger partial charge in [-0.3, -0.25) is 9.59 Å². The second-order valence-corrected chi connectivity index (χ2v) is 9.97. The lowest BCUT2D eigenvalue weighted by Crippen LogP contribution is -2.24. The van der Waals surface area contributed by atoms with Gasteiger partial charge in [0, 0.05) is 32.1 Å². The van der Waals surface area contributed by atoms with Crippen LogP contribution in [0.4, 0.5) is 10.8 Å². The summed E-state index contributed by atoms with van der Waals surface area (Å²) in [4.78, 5) is 30.9. The van der Waals surface area contributed by atoms with E-state index in [4.69, 9.17) is 11.6 Å². The Balaban J connectivity index is 1.40. The molecule has 34 heavy (non-hydrogen) atoms. The highest BCUT2D eigenvalue weighted by Crippen LogP contribution is 2.30. The van der Waals surface area contributed by atoms with Gasteiger partial charge in [0.05, 0.1) is 10.9 Å². The number of hydrogen-bond acceptors (Lipinski definition) is 5. The molecular weight excluding hydrogens is 486 g/mol. The standard InChI is InChI=1S/C26H22ClN3O2S2/c1-2-23(25(32)30-26-29-22(16-33-26)17-8-4-3-5-9-17)34-21-13-7-12-20(15-21)28-24(31)18-10-6-11-19(27)14-18/h3-16,23H,2H2,1H3,(H,28,31)(H,29,30,32). The molecule has 0 saturated carbocycles. The molecule has 0 aliphatic heterocycles. The number of rotatable bonds is 8. The highest BCUT2D eigenvalue weighted by molar-refractivity contribution is 8.00. The van der Waals surface area contributed by atoms with Gasteiger partial charge in [0.1, 0.15) is 0 Å². The van der Waals surface area contributed by atoms with E-state index in [0.717, 1.165) is 16.2 Å². The van der Waals surface area contributed by atoms with Gasteiger partial charge >= 0.3 is 0 Å². The SMILES string of the molecule is CCC(Sc1cccc(NC(=O)c2cccc(Cl)c2)c1)C(=O)Nc1nc(-c2ccccc2)cs1. The van der Waals surface area contributed by atoms with E-state index in [2.05, 4.69) is 15.6 Å². The van der Waals surface area contributed by atoms with Crippen molar-refractivity contribution in [2.45, 2.75) is 23.5 Å². The minimum absolute atomic E-state index is 0.102. The third-order valence-electron chi connectivity index (χ3n) is 4.92. The van der Waals surface area contributed by atoms with Crippen LogP contribution in [0.2, 0.25) is 5.02 Å². The molecule has 2 N–H and O–H groups in total. The fourth-order valence-corrected chi connectivity index (χ4v) is 5.15. The zero-order valence-electron chi connectivity index (χ0n) is 18.3. The van der Waals surface area contributed by atoms with Crippen molar-refractivity contribution < 1.29 is 9.59 Å². The molecule has 1 atom stereocenters. The molecule has 4 aromatic rings. The third-order valence-corrected chi connectivity index (χ3v) is 7.27. The number of nitrogens with zero attached hydrogens (tertiary/aromatic N) is 1. The van der Waals surface area contributed by atoms with Crippen molar-refractivity contribution >= 4 is 57.3 Å². The largest absolute Gasteiger partial charge is 0.322 e. The predicted molar refractivity (Wildman–Crippen MR) is 142 cm³/mol. The summed E-state index contributed by atoms with van der Waals surface area (Å²) in [5.41, 5.74) is 2.98. The van der Waals surface area contributed by atoms with Crippen LogP contribution < -0.4 is 10.6 Å². The minimum atomic E-state index is -0.303. The molecule has 0 aliphatic rings. The molecular formula is C26H22ClN3O2S2. The number of carbonyl (C=O) groups is 2. The summed E-state index contributed by atoms with van der Waals surface area (Å²) >= 11 is 8.84. The Labute approximate surface area is 211 Å². The molecule has 0 aliphatic carbocycles. The van der Waals surface area contributed by atoms with E-state index in [0.29, 0.717) is 27.8 Å². The summed E-state index contributed by atoms with van der Waals surface area (Å²) in [5, 5.41) is 8.54. The second-order valence-electron chi connectivity index (χ2n) is 7.40. The Hall–Kier alpha value is -3.13. The molecule has 1 heterocycles. The van der Waals surface area contributed by atoms with Gasteiger partial charge in [-0.05, 0) is 42.8 Å². The Morgan fingerprint density at radius 3 is 2.56 bits per heavy atom.